The number of para-hydroxylation sites is 1. The molecule has 0 saturated carbocycles. The number of aromatic amines is 1. The Balaban J connectivity index is 1.47. The van der Waals surface area contributed by atoms with E-state index in [4.69, 9.17) is 9.84 Å². The zero-order valence-corrected chi connectivity index (χ0v) is 16.5. The highest BCUT2D eigenvalue weighted by molar-refractivity contribution is 5.86. The summed E-state index contributed by atoms with van der Waals surface area (Å²) in [6, 6.07) is 17.0. The summed E-state index contributed by atoms with van der Waals surface area (Å²) in [6.07, 6.45) is 3.99. The van der Waals surface area contributed by atoms with Gasteiger partial charge in [-0.2, -0.15) is 10.1 Å². The van der Waals surface area contributed by atoms with E-state index in [2.05, 4.69) is 20.1 Å². The van der Waals surface area contributed by atoms with E-state index in [1.807, 2.05) is 54.6 Å². The van der Waals surface area contributed by atoms with Gasteiger partial charge in [0.25, 0.3) is 5.56 Å². The zero-order chi connectivity index (χ0) is 22.1. The Labute approximate surface area is 180 Å². The fourth-order valence-corrected chi connectivity index (χ4v) is 3.24. The Bertz CT molecular complexity index is 1490. The van der Waals surface area contributed by atoms with Gasteiger partial charge in [-0.25, -0.2) is 14.5 Å². The molecule has 0 amide bonds. The van der Waals surface area contributed by atoms with E-state index in [-0.39, 0.29) is 17.0 Å². The molecule has 32 heavy (non-hydrogen) atoms. The minimum atomic E-state index is -1.12. The van der Waals surface area contributed by atoms with Crippen LogP contribution < -0.4 is 10.3 Å². The van der Waals surface area contributed by atoms with Crippen LogP contribution in [-0.2, 0) is 6.54 Å². The Kier molecular flexibility index (Phi) is 4.71. The van der Waals surface area contributed by atoms with Gasteiger partial charge in [0.1, 0.15) is 11.5 Å². The topological polar surface area (TPSA) is 128 Å². The molecule has 0 spiro atoms. The SMILES string of the molecule is O=C(O)c1cnn(-c2nc3c(ncn3Cc3cccc(Oc4ccccc4)c3)c(=O)[nH]2)c1. The summed E-state index contributed by atoms with van der Waals surface area (Å²) in [5.74, 6) is 0.387. The molecule has 5 rings (SSSR count). The highest BCUT2D eigenvalue weighted by Gasteiger charge is 2.14. The number of ether oxygens (including phenoxy) is 1. The van der Waals surface area contributed by atoms with E-state index in [1.165, 1.54) is 23.4 Å². The predicted octanol–water partition coefficient (Wildman–Crippen LogP) is 2.84. The Morgan fingerprint density at radius 1 is 1.09 bits per heavy atom. The van der Waals surface area contributed by atoms with Gasteiger partial charge in [0, 0.05) is 6.20 Å². The summed E-state index contributed by atoms with van der Waals surface area (Å²) in [7, 11) is 0. The third-order valence-electron chi connectivity index (χ3n) is 4.74. The highest BCUT2D eigenvalue weighted by Crippen LogP contribution is 2.22. The lowest BCUT2D eigenvalue weighted by atomic mass is 10.2. The maximum atomic E-state index is 12.5. The van der Waals surface area contributed by atoms with Gasteiger partial charge >= 0.3 is 5.97 Å². The van der Waals surface area contributed by atoms with Gasteiger partial charge in [0.15, 0.2) is 11.2 Å². The van der Waals surface area contributed by atoms with E-state index in [1.54, 1.807) is 4.57 Å². The largest absolute Gasteiger partial charge is 0.478 e. The fourth-order valence-electron chi connectivity index (χ4n) is 3.24. The zero-order valence-electron chi connectivity index (χ0n) is 16.5. The number of aromatic carboxylic acids is 1. The van der Waals surface area contributed by atoms with Crippen LogP contribution in [0.4, 0.5) is 0 Å². The molecule has 2 aromatic carbocycles. The highest BCUT2D eigenvalue weighted by atomic mass is 16.5. The van der Waals surface area contributed by atoms with Gasteiger partial charge in [-0.15, -0.1) is 0 Å². The molecule has 3 aromatic heterocycles. The van der Waals surface area contributed by atoms with Gasteiger partial charge in [-0.05, 0) is 29.8 Å². The summed E-state index contributed by atoms with van der Waals surface area (Å²) >= 11 is 0. The number of fused-ring (bicyclic) bond motifs is 1. The van der Waals surface area contributed by atoms with Crippen molar-refractivity contribution < 1.29 is 14.6 Å². The molecule has 0 aliphatic carbocycles. The monoisotopic (exact) mass is 428 g/mol. The number of hydrogen-bond acceptors (Lipinski definition) is 6. The molecule has 5 aromatic rings. The number of carbonyl (C=O) groups is 1. The van der Waals surface area contributed by atoms with Gasteiger partial charge in [0.2, 0.25) is 5.95 Å². The van der Waals surface area contributed by atoms with Crippen molar-refractivity contribution in [3.05, 3.63) is 94.8 Å². The number of nitrogens with zero attached hydrogens (tertiary/aromatic N) is 5. The third-order valence-corrected chi connectivity index (χ3v) is 4.74. The number of nitrogens with one attached hydrogen (secondary N) is 1. The summed E-state index contributed by atoms with van der Waals surface area (Å²) in [5, 5.41) is 13.1. The minimum Gasteiger partial charge on any atom is -0.478 e. The molecule has 0 fully saturated rings. The number of H-pyrrole nitrogens is 1. The first-order valence-corrected chi connectivity index (χ1v) is 9.62. The van der Waals surface area contributed by atoms with Crippen LogP contribution in [0.3, 0.4) is 0 Å². The van der Waals surface area contributed by atoms with Gasteiger partial charge in [-0.1, -0.05) is 30.3 Å². The van der Waals surface area contributed by atoms with E-state index in [0.717, 1.165) is 11.3 Å². The number of rotatable bonds is 6. The maximum Gasteiger partial charge on any atom is 0.338 e. The molecule has 0 atom stereocenters. The number of hydrogen-bond donors (Lipinski definition) is 2. The van der Waals surface area contributed by atoms with Crippen LogP contribution in [0.2, 0.25) is 0 Å². The van der Waals surface area contributed by atoms with E-state index in [0.29, 0.717) is 17.9 Å². The van der Waals surface area contributed by atoms with E-state index in [9.17, 15) is 9.59 Å². The summed E-state index contributed by atoms with van der Waals surface area (Å²) in [5.41, 5.74) is 0.990. The molecule has 3 heterocycles. The summed E-state index contributed by atoms with van der Waals surface area (Å²) in [4.78, 5) is 34.8. The summed E-state index contributed by atoms with van der Waals surface area (Å²) in [6.45, 7) is 0.401. The van der Waals surface area contributed by atoms with E-state index >= 15 is 0 Å². The van der Waals surface area contributed by atoms with Crippen LogP contribution in [0.5, 0.6) is 11.5 Å². The standard InChI is InChI=1S/C22H16N6O4/c29-20-18-19(25-22(26-20)28-12-15(10-24-28)21(30)31)27(13-23-18)11-14-5-4-8-17(9-14)32-16-6-2-1-3-7-16/h1-10,12-13H,11H2,(H,30,31)(H,25,26,29). The van der Waals surface area contributed by atoms with Crippen molar-refractivity contribution in [2.45, 2.75) is 6.54 Å². The van der Waals surface area contributed by atoms with Crippen LogP contribution in [0.1, 0.15) is 15.9 Å². The first kappa shape index (κ1) is 19.2. The average molecular weight is 428 g/mol. The van der Waals surface area contributed by atoms with Crippen molar-refractivity contribution in [1.82, 2.24) is 29.3 Å². The van der Waals surface area contributed by atoms with Gasteiger partial charge < -0.3 is 14.4 Å². The normalized spacial score (nSPS) is 11.0. The lowest BCUT2D eigenvalue weighted by Crippen LogP contribution is -2.15. The molecule has 0 saturated heterocycles. The number of imidazole rings is 1. The van der Waals surface area contributed by atoms with Crippen LogP contribution >= 0.6 is 0 Å². The van der Waals surface area contributed by atoms with E-state index < -0.39 is 11.5 Å². The molecular weight excluding hydrogens is 412 g/mol. The molecule has 0 aliphatic heterocycles. The Morgan fingerprint density at radius 3 is 2.69 bits per heavy atom. The third kappa shape index (κ3) is 3.72. The second kappa shape index (κ2) is 7.84. The van der Waals surface area contributed by atoms with Crippen molar-refractivity contribution in [2.24, 2.45) is 0 Å². The molecule has 2 N–H and O–H groups in total. The second-order valence-corrected chi connectivity index (χ2v) is 6.98. The van der Waals surface area contributed by atoms with Crippen LogP contribution in [0.15, 0.2) is 78.1 Å². The van der Waals surface area contributed by atoms with Crippen molar-refractivity contribution in [3.8, 4) is 17.4 Å². The predicted molar refractivity (Wildman–Crippen MR) is 114 cm³/mol. The first-order valence-electron chi connectivity index (χ1n) is 9.62. The van der Waals surface area contributed by atoms with Gasteiger partial charge in [0.05, 0.1) is 24.6 Å². The van der Waals surface area contributed by atoms with Crippen molar-refractivity contribution >= 4 is 17.1 Å². The van der Waals surface area contributed by atoms with Crippen LogP contribution in [0, 0.1) is 0 Å². The average Bonchev–Trinajstić information content (AvgIpc) is 3.43. The molecule has 10 nitrogen and oxygen atoms in total. The quantitative estimate of drug-likeness (QED) is 0.426. The Morgan fingerprint density at radius 2 is 1.91 bits per heavy atom. The summed E-state index contributed by atoms with van der Waals surface area (Å²) < 4.78 is 8.83. The van der Waals surface area contributed by atoms with Gasteiger partial charge in [-0.3, -0.25) is 9.78 Å². The molecule has 158 valence electrons. The number of aromatic nitrogens is 6. The number of carboxylic acids is 1. The first-order chi connectivity index (χ1) is 15.6. The number of benzene rings is 2. The second-order valence-electron chi connectivity index (χ2n) is 6.98. The Hall–Kier alpha value is -4.73. The lowest BCUT2D eigenvalue weighted by molar-refractivity contribution is 0.0697. The molecule has 0 aliphatic rings. The van der Waals surface area contributed by atoms with Crippen molar-refractivity contribution in [3.63, 3.8) is 0 Å². The molecule has 0 unspecified atom stereocenters. The van der Waals surface area contributed by atoms with Crippen molar-refractivity contribution in [2.75, 3.05) is 0 Å². The molecule has 10 heteroatoms. The number of carboxylic acid groups (broad SMARTS) is 1. The fraction of sp³-hybridized carbons (Fsp3) is 0.0455. The molecule has 0 bridgehead atoms. The van der Waals surface area contributed by atoms with Crippen LogP contribution in [0.25, 0.3) is 17.1 Å². The maximum absolute atomic E-state index is 12.5. The van der Waals surface area contributed by atoms with Crippen molar-refractivity contribution in [1.29, 1.82) is 0 Å². The minimum absolute atomic E-state index is 0.0171. The molecule has 0 radical (unpaired) electrons. The smallest absolute Gasteiger partial charge is 0.338 e. The van der Waals surface area contributed by atoms with Crippen LogP contribution in [-0.4, -0.2) is 40.4 Å². The molecular formula is C22H16N6O4. The lowest BCUT2D eigenvalue weighted by Gasteiger charge is -2.09.